The molecule has 1 N–H and O–H groups in total. The van der Waals surface area contributed by atoms with Gasteiger partial charge >= 0.3 is 0 Å². The lowest BCUT2D eigenvalue weighted by Gasteiger charge is -2.15. The molecule has 6 nitrogen and oxygen atoms in total. The number of rotatable bonds is 5. The summed E-state index contributed by atoms with van der Waals surface area (Å²) in [5.74, 6) is 1.05. The molecule has 0 fully saturated rings. The lowest BCUT2D eigenvalue weighted by atomic mass is 10.2. The standard InChI is InChI=1S/C19H14Cl2N4O2S/c1-27-16-7-6-12(20)8-15(16)25-18(26)13-9-22-24-17(13)23-19(25)28-10-11-4-2-3-5-14(11)21/h2-9H,10H2,1H3,(H,22,24). The molecule has 2 heterocycles. The second kappa shape index (κ2) is 7.87. The van der Waals surface area contributed by atoms with E-state index in [0.717, 1.165) is 5.56 Å². The van der Waals surface area contributed by atoms with Crippen molar-refractivity contribution in [2.45, 2.75) is 10.9 Å². The van der Waals surface area contributed by atoms with Crippen LogP contribution in [0.2, 0.25) is 10.0 Å². The number of benzene rings is 2. The molecule has 0 amide bonds. The van der Waals surface area contributed by atoms with Crippen LogP contribution in [0, 0.1) is 0 Å². The molecule has 0 spiro atoms. The molecule has 0 unspecified atom stereocenters. The minimum absolute atomic E-state index is 0.263. The van der Waals surface area contributed by atoms with Gasteiger partial charge in [0.15, 0.2) is 10.8 Å². The van der Waals surface area contributed by atoms with Crippen LogP contribution in [0.1, 0.15) is 5.56 Å². The summed E-state index contributed by atoms with van der Waals surface area (Å²) in [6.07, 6.45) is 1.46. The van der Waals surface area contributed by atoms with Crippen molar-refractivity contribution in [3.63, 3.8) is 0 Å². The predicted octanol–water partition coefficient (Wildman–Crippen LogP) is 4.72. The lowest BCUT2D eigenvalue weighted by molar-refractivity contribution is 0.411. The van der Waals surface area contributed by atoms with Gasteiger partial charge in [0, 0.05) is 15.8 Å². The van der Waals surface area contributed by atoms with Gasteiger partial charge < -0.3 is 4.74 Å². The number of hydrogen-bond donors (Lipinski definition) is 1. The number of nitrogens with zero attached hydrogens (tertiary/aromatic N) is 3. The van der Waals surface area contributed by atoms with Crippen molar-refractivity contribution in [1.29, 1.82) is 0 Å². The number of nitrogens with one attached hydrogen (secondary N) is 1. The number of aromatic nitrogens is 4. The van der Waals surface area contributed by atoms with Crippen molar-refractivity contribution in [3.05, 3.63) is 74.6 Å². The molecule has 142 valence electrons. The molecule has 2 aromatic heterocycles. The molecule has 0 saturated carbocycles. The molecule has 0 aliphatic carbocycles. The fourth-order valence-electron chi connectivity index (χ4n) is 2.78. The molecule has 0 radical (unpaired) electrons. The topological polar surface area (TPSA) is 72.8 Å². The number of methoxy groups -OCH3 is 1. The summed E-state index contributed by atoms with van der Waals surface area (Å²) >= 11 is 13.8. The Hall–Kier alpha value is -2.48. The van der Waals surface area contributed by atoms with Crippen LogP contribution in [0.25, 0.3) is 16.7 Å². The summed E-state index contributed by atoms with van der Waals surface area (Å²) in [7, 11) is 1.54. The number of ether oxygens (including phenoxy) is 1. The minimum atomic E-state index is -0.263. The summed E-state index contributed by atoms with van der Waals surface area (Å²) in [5.41, 5.74) is 1.61. The van der Waals surface area contributed by atoms with E-state index in [0.29, 0.717) is 43.4 Å². The number of fused-ring (bicyclic) bond motifs is 1. The van der Waals surface area contributed by atoms with E-state index in [1.165, 1.54) is 29.6 Å². The van der Waals surface area contributed by atoms with Gasteiger partial charge in [0.1, 0.15) is 11.1 Å². The summed E-state index contributed by atoms with van der Waals surface area (Å²) in [5, 5.41) is 8.70. The Kier molecular flexibility index (Phi) is 5.30. The average molecular weight is 433 g/mol. The molecular formula is C19H14Cl2N4O2S. The third-order valence-corrected chi connectivity index (χ3v) is 5.74. The van der Waals surface area contributed by atoms with Gasteiger partial charge in [0.25, 0.3) is 5.56 Å². The van der Waals surface area contributed by atoms with Crippen molar-refractivity contribution in [1.82, 2.24) is 19.7 Å². The second-order valence-corrected chi connectivity index (χ2v) is 7.65. The second-order valence-electron chi connectivity index (χ2n) is 5.86. The Bertz CT molecular complexity index is 1220. The van der Waals surface area contributed by atoms with E-state index in [2.05, 4.69) is 15.2 Å². The van der Waals surface area contributed by atoms with Gasteiger partial charge in [-0.25, -0.2) is 4.98 Å². The zero-order valence-corrected chi connectivity index (χ0v) is 17.0. The maximum Gasteiger partial charge on any atom is 0.270 e. The third-order valence-electron chi connectivity index (χ3n) is 4.15. The highest BCUT2D eigenvalue weighted by Crippen LogP contribution is 2.31. The van der Waals surface area contributed by atoms with E-state index < -0.39 is 0 Å². The van der Waals surface area contributed by atoms with E-state index in [4.69, 9.17) is 27.9 Å². The fraction of sp³-hybridized carbons (Fsp3) is 0.105. The molecule has 9 heteroatoms. The zero-order valence-electron chi connectivity index (χ0n) is 14.6. The van der Waals surface area contributed by atoms with Crippen molar-refractivity contribution in [2.24, 2.45) is 0 Å². The highest BCUT2D eigenvalue weighted by Gasteiger charge is 2.18. The van der Waals surface area contributed by atoms with Crippen LogP contribution in [-0.2, 0) is 5.75 Å². The quantitative estimate of drug-likeness (QED) is 0.364. The first-order valence-electron chi connectivity index (χ1n) is 8.24. The number of aromatic amines is 1. The van der Waals surface area contributed by atoms with Crippen molar-refractivity contribution in [2.75, 3.05) is 7.11 Å². The normalized spacial score (nSPS) is 11.1. The van der Waals surface area contributed by atoms with E-state index in [1.807, 2.05) is 24.3 Å². The fourth-order valence-corrected chi connectivity index (χ4v) is 4.23. The molecule has 0 bridgehead atoms. The maximum atomic E-state index is 13.2. The molecule has 0 aliphatic rings. The summed E-state index contributed by atoms with van der Waals surface area (Å²) in [6, 6.07) is 12.7. The molecule has 28 heavy (non-hydrogen) atoms. The highest BCUT2D eigenvalue weighted by molar-refractivity contribution is 7.98. The summed E-state index contributed by atoms with van der Waals surface area (Å²) < 4.78 is 6.93. The Morgan fingerprint density at radius 2 is 2.04 bits per heavy atom. The Labute approximate surface area is 174 Å². The molecule has 4 aromatic rings. The first-order chi connectivity index (χ1) is 13.6. The SMILES string of the molecule is COc1ccc(Cl)cc1-n1c(SCc2ccccc2Cl)nc2[nH]ncc2c1=O. The minimum Gasteiger partial charge on any atom is -0.495 e. The monoisotopic (exact) mass is 432 g/mol. The van der Waals surface area contributed by atoms with Gasteiger partial charge in [-0.1, -0.05) is 53.2 Å². The van der Waals surface area contributed by atoms with E-state index in [-0.39, 0.29) is 5.56 Å². The molecule has 0 aliphatic heterocycles. The first kappa shape index (κ1) is 18.9. The van der Waals surface area contributed by atoms with Crippen LogP contribution < -0.4 is 10.3 Å². The van der Waals surface area contributed by atoms with E-state index in [9.17, 15) is 4.79 Å². The highest BCUT2D eigenvalue weighted by atomic mass is 35.5. The number of hydrogen-bond acceptors (Lipinski definition) is 5. The third kappa shape index (κ3) is 3.48. The predicted molar refractivity (Wildman–Crippen MR) is 112 cm³/mol. The van der Waals surface area contributed by atoms with E-state index in [1.54, 1.807) is 18.2 Å². The lowest BCUT2D eigenvalue weighted by Crippen LogP contribution is -2.22. The maximum absolute atomic E-state index is 13.2. The molecular weight excluding hydrogens is 419 g/mol. The van der Waals surface area contributed by atoms with Crippen LogP contribution in [-0.4, -0.2) is 26.9 Å². The molecule has 0 saturated heterocycles. The van der Waals surface area contributed by atoms with Crippen LogP contribution in [0.3, 0.4) is 0 Å². The van der Waals surface area contributed by atoms with Crippen molar-refractivity contribution in [3.8, 4) is 11.4 Å². The largest absolute Gasteiger partial charge is 0.495 e. The smallest absolute Gasteiger partial charge is 0.270 e. The van der Waals surface area contributed by atoms with Gasteiger partial charge in [-0.3, -0.25) is 14.5 Å². The number of halogens is 2. The molecule has 0 atom stereocenters. The van der Waals surface area contributed by atoms with Gasteiger partial charge in [-0.2, -0.15) is 5.10 Å². The molecule has 2 aromatic carbocycles. The van der Waals surface area contributed by atoms with Gasteiger partial charge in [0.05, 0.1) is 19.0 Å². The van der Waals surface area contributed by atoms with Crippen LogP contribution in [0.15, 0.2) is 58.6 Å². The van der Waals surface area contributed by atoms with Crippen LogP contribution in [0.4, 0.5) is 0 Å². The van der Waals surface area contributed by atoms with Gasteiger partial charge in [0.2, 0.25) is 0 Å². The van der Waals surface area contributed by atoms with Crippen LogP contribution in [0.5, 0.6) is 5.75 Å². The zero-order chi connectivity index (χ0) is 19.7. The van der Waals surface area contributed by atoms with Gasteiger partial charge in [-0.05, 0) is 29.8 Å². The Morgan fingerprint density at radius 3 is 2.82 bits per heavy atom. The van der Waals surface area contributed by atoms with Crippen LogP contribution >= 0.6 is 35.0 Å². The number of thioether (sulfide) groups is 1. The molecule has 4 rings (SSSR count). The number of H-pyrrole nitrogens is 1. The Morgan fingerprint density at radius 1 is 1.21 bits per heavy atom. The van der Waals surface area contributed by atoms with Crippen molar-refractivity contribution < 1.29 is 4.74 Å². The van der Waals surface area contributed by atoms with Crippen molar-refractivity contribution >= 4 is 46.0 Å². The average Bonchev–Trinajstić information content (AvgIpc) is 3.16. The summed E-state index contributed by atoms with van der Waals surface area (Å²) in [6.45, 7) is 0. The van der Waals surface area contributed by atoms with E-state index >= 15 is 0 Å². The van der Waals surface area contributed by atoms with Gasteiger partial charge in [-0.15, -0.1) is 0 Å². The summed E-state index contributed by atoms with van der Waals surface area (Å²) in [4.78, 5) is 17.8. The Balaban J connectivity index is 1.88. The first-order valence-corrected chi connectivity index (χ1v) is 9.99.